The Morgan fingerprint density at radius 2 is 2.14 bits per heavy atom. The lowest BCUT2D eigenvalue weighted by Gasteiger charge is -2.23. The molecule has 1 aromatic carbocycles. The summed E-state index contributed by atoms with van der Waals surface area (Å²) in [5.74, 6) is -0.300. The number of benzene rings is 1. The Kier molecular flexibility index (Phi) is 3.85. The second-order valence-electron chi connectivity index (χ2n) is 5.58. The van der Waals surface area contributed by atoms with Crippen LogP contribution in [-0.4, -0.2) is 16.6 Å². The number of hydrogen-bond acceptors (Lipinski definition) is 4. The summed E-state index contributed by atoms with van der Waals surface area (Å²) in [5, 5.41) is 16.5. The molecule has 114 valence electrons. The van der Waals surface area contributed by atoms with Crippen LogP contribution in [0.25, 0.3) is 10.9 Å². The van der Waals surface area contributed by atoms with Crippen molar-refractivity contribution in [1.29, 1.82) is 0 Å². The number of nitrogens with zero attached hydrogens (tertiary/aromatic N) is 1. The zero-order chi connectivity index (χ0) is 15.7. The smallest absolute Gasteiger partial charge is 0.124 e. The first kappa shape index (κ1) is 14.9. The van der Waals surface area contributed by atoms with Crippen molar-refractivity contribution >= 4 is 27.9 Å². The summed E-state index contributed by atoms with van der Waals surface area (Å²) < 4.78 is 13.5. The number of hydrogen-bond donors (Lipinski definition) is 2. The van der Waals surface area contributed by atoms with Gasteiger partial charge in [0.05, 0.1) is 5.52 Å². The van der Waals surface area contributed by atoms with Crippen LogP contribution in [0.15, 0.2) is 41.8 Å². The van der Waals surface area contributed by atoms with Gasteiger partial charge in [0.2, 0.25) is 0 Å². The van der Waals surface area contributed by atoms with Crippen LogP contribution in [-0.2, 0) is 5.60 Å². The van der Waals surface area contributed by atoms with Gasteiger partial charge in [0.15, 0.2) is 0 Å². The van der Waals surface area contributed by atoms with Crippen LogP contribution in [0.1, 0.15) is 17.5 Å². The molecule has 2 aromatic heterocycles. The van der Waals surface area contributed by atoms with Crippen molar-refractivity contribution in [1.82, 2.24) is 4.98 Å². The van der Waals surface area contributed by atoms with Gasteiger partial charge < -0.3 is 10.4 Å². The Balaban J connectivity index is 1.92. The lowest BCUT2D eigenvalue weighted by atomic mass is 10.0. The number of nitrogens with one attached hydrogen (secondary N) is 1. The average Bonchev–Trinajstić information content (AvgIpc) is 3.00. The first-order valence-electron chi connectivity index (χ1n) is 7.03. The van der Waals surface area contributed by atoms with E-state index < -0.39 is 5.60 Å². The number of thiophene rings is 1. The second-order valence-corrected chi connectivity index (χ2v) is 6.53. The summed E-state index contributed by atoms with van der Waals surface area (Å²) in [5.41, 5.74) is 1.38. The van der Waals surface area contributed by atoms with Crippen molar-refractivity contribution in [3.63, 3.8) is 0 Å². The zero-order valence-corrected chi connectivity index (χ0v) is 13.2. The number of pyridine rings is 1. The first-order chi connectivity index (χ1) is 10.5. The molecule has 1 atom stereocenters. The lowest BCUT2D eigenvalue weighted by Crippen LogP contribution is -2.29. The van der Waals surface area contributed by atoms with E-state index in [-0.39, 0.29) is 5.82 Å². The standard InChI is InChI=1S/C17H17FN2OS/c1-11-8-15(13-9-12(18)5-6-14(13)20-11)19-10-17(2,21)16-4-3-7-22-16/h3-9,21H,10H2,1-2H3,(H,19,20). The minimum atomic E-state index is -0.981. The number of aryl methyl sites for hydroxylation is 1. The maximum atomic E-state index is 13.5. The molecule has 3 rings (SSSR count). The van der Waals surface area contributed by atoms with Crippen LogP contribution in [0, 0.1) is 12.7 Å². The third kappa shape index (κ3) is 2.96. The van der Waals surface area contributed by atoms with E-state index in [0.717, 1.165) is 21.8 Å². The summed E-state index contributed by atoms with van der Waals surface area (Å²) in [6.45, 7) is 4.00. The van der Waals surface area contributed by atoms with Crippen LogP contribution in [0.5, 0.6) is 0 Å². The van der Waals surface area contributed by atoms with Crippen LogP contribution >= 0.6 is 11.3 Å². The van der Waals surface area contributed by atoms with Crippen molar-refractivity contribution in [2.24, 2.45) is 0 Å². The van der Waals surface area contributed by atoms with Crippen molar-refractivity contribution in [2.75, 3.05) is 11.9 Å². The Morgan fingerprint density at radius 3 is 2.86 bits per heavy atom. The monoisotopic (exact) mass is 316 g/mol. The van der Waals surface area contributed by atoms with E-state index in [1.807, 2.05) is 30.5 Å². The topological polar surface area (TPSA) is 45.1 Å². The largest absolute Gasteiger partial charge is 0.383 e. The van der Waals surface area contributed by atoms with Gasteiger partial charge in [-0.25, -0.2) is 4.39 Å². The van der Waals surface area contributed by atoms with Gasteiger partial charge in [-0.15, -0.1) is 11.3 Å². The third-order valence-corrected chi connectivity index (χ3v) is 4.70. The molecule has 0 aliphatic rings. The van der Waals surface area contributed by atoms with E-state index in [0.29, 0.717) is 11.9 Å². The quantitative estimate of drug-likeness (QED) is 0.763. The Morgan fingerprint density at radius 1 is 1.32 bits per heavy atom. The molecule has 0 saturated heterocycles. The van der Waals surface area contributed by atoms with Crippen LogP contribution in [0.2, 0.25) is 0 Å². The van der Waals surface area contributed by atoms with Crippen LogP contribution in [0.3, 0.4) is 0 Å². The minimum absolute atomic E-state index is 0.300. The molecule has 22 heavy (non-hydrogen) atoms. The molecule has 0 radical (unpaired) electrons. The second kappa shape index (κ2) is 5.66. The predicted molar refractivity (Wildman–Crippen MR) is 88.8 cm³/mol. The summed E-state index contributed by atoms with van der Waals surface area (Å²) in [6.07, 6.45) is 0. The van der Waals surface area contributed by atoms with E-state index in [9.17, 15) is 9.50 Å². The van der Waals surface area contributed by atoms with Crippen LogP contribution in [0.4, 0.5) is 10.1 Å². The Bertz CT molecular complexity index is 800. The molecule has 2 heterocycles. The molecule has 0 spiro atoms. The molecule has 0 aliphatic heterocycles. The molecule has 0 fully saturated rings. The average molecular weight is 316 g/mol. The van der Waals surface area contributed by atoms with Gasteiger partial charge in [-0.2, -0.15) is 0 Å². The van der Waals surface area contributed by atoms with Gasteiger partial charge in [-0.05, 0) is 49.6 Å². The highest BCUT2D eigenvalue weighted by Crippen LogP contribution is 2.28. The number of aromatic nitrogens is 1. The molecule has 3 aromatic rings. The molecule has 2 N–H and O–H groups in total. The third-order valence-electron chi connectivity index (χ3n) is 3.57. The summed E-state index contributed by atoms with van der Waals surface area (Å²) in [7, 11) is 0. The zero-order valence-electron chi connectivity index (χ0n) is 12.4. The van der Waals surface area contributed by atoms with Gasteiger partial charge in [0.25, 0.3) is 0 Å². The molecule has 0 amide bonds. The molecule has 3 nitrogen and oxygen atoms in total. The Hall–Kier alpha value is -1.98. The Labute approximate surface area is 132 Å². The first-order valence-corrected chi connectivity index (χ1v) is 7.91. The predicted octanol–water partition coefficient (Wildman–Crippen LogP) is 4.06. The molecular weight excluding hydrogens is 299 g/mol. The van der Waals surface area contributed by atoms with E-state index >= 15 is 0 Å². The fraction of sp³-hybridized carbons (Fsp3) is 0.235. The SMILES string of the molecule is Cc1cc(NCC(C)(O)c2cccs2)c2cc(F)ccc2n1. The van der Waals surface area contributed by atoms with Gasteiger partial charge >= 0.3 is 0 Å². The molecule has 0 bridgehead atoms. The van der Waals surface area contributed by atoms with Crippen LogP contribution < -0.4 is 5.32 Å². The molecule has 1 unspecified atom stereocenters. The maximum absolute atomic E-state index is 13.5. The van der Waals surface area contributed by atoms with E-state index in [1.165, 1.54) is 23.5 Å². The van der Waals surface area contributed by atoms with Crippen molar-refractivity contribution in [2.45, 2.75) is 19.4 Å². The van der Waals surface area contributed by atoms with Gasteiger partial charge in [0.1, 0.15) is 11.4 Å². The number of aliphatic hydroxyl groups is 1. The van der Waals surface area contributed by atoms with E-state index in [4.69, 9.17) is 0 Å². The lowest BCUT2D eigenvalue weighted by molar-refractivity contribution is 0.0755. The highest BCUT2D eigenvalue weighted by molar-refractivity contribution is 7.10. The van der Waals surface area contributed by atoms with Gasteiger partial charge in [-0.1, -0.05) is 6.07 Å². The van der Waals surface area contributed by atoms with Gasteiger partial charge in [-0.3, -0.25) is 4.98 Å². The number of halogens is 1. The number of rotatable bonds is 4. The maximum Gasteiger partial charge on any atom is 0.124 e. The number of anilines is 1. The fourth-order valence-electron chi connectivity index (χ4n) is 2.42. The fourth-order valence-corrected chi connectivity index (χ4v) is 3.20. The molecule has 5 heteroatoms. The minimum Gasteiger partial charge on any atom is -0.383 e. The normalized spacial score (nSPS) is 14.0. The highest BCUT2D eigenvalue weighted by atomic mass is 32.1. The summed E-state index contributed by atoms with van der Waals surface area (Å²) >= 11 is 1.51. The van der Waals surface area contributed by atoms with Gasteiger partial charge in [0, 0.05) is 28.2 Å². The van der Waals surface area contributed by atoms with Crippen molar-refractivity contribution in [3.8, 4) is 0 Å². The van der Waals surface area contributed by atoms with E-state index in [1.54, 1.807) is 13.0 Å². The highest BCUT2D eigenvalue weighted by Gasteiger charge is 2.24. The number of fused-ring (bicyclic) bond motifs is 1. The summed E-state index contributed by atoms with van der Waals surface area (Å²) in [4.78, 5) is 5.29. The summed E-state index contributed by atoms with van der Waals surface area (Å²) in [6, 6.07) is 10.2. The van der Waals surface area contributed by atoms with Crippen molar-refractivity contribution in [3.05, 3.63) is 58.2 Å². The van der Waals surface area contributed by atoms with E-state index in [2.05, 4.69) is 10.3 Å². The van der Waals surface area contributed by atoms with Crippen molar-refractivity contribution < 1.29 is 9.50 Å². The molecular formula is C17H17FN2OS. The molecule has 0 aliphatic carbocycles. The molecule has 0 saturated carbocycles.